The second-order valence-electron chi connectivity index (χ2n) is 7.54. The molecule has 4 rings (SSSR count). The van der Waals surface area contributed by atoms with Crippen LogP contribution in [0, 0.1) is 6.92 Å². The molecule has 1 aliphatic rings. The van der Waals surface area contributed by atoms with Crippen LogP contribution in [0.4, 0.5) is 5.69 Å². The quantitative estimate of drug-likeness (QED) is 0.668. The molecule has 2 aromatic carbocycles. The maximum Gasteiger partial charge on any atom is 0.255 e. The molecular formula is C23H25N3O3S. The SMILES string of the molecule is Cc1ccc(S(=O)(=O)N2CCCCC2)cc1NC(=O)c1cccc(-n2cccc2)c1. The number of aryl methyl sites for hydroxylation is 1. The standard InChI is InChI=1S/C23H25N3O3S/c1-18-10-11-21(30(28,29)26-14-3-2-4-15-26)17-22(18)24-23(27)19-8-7-9-20(16-19)25-12-5-6-13-25/h5-13,16-17H,2-4,14-15H2,1H3,(H,24,27). The van der Waals surface area contributed by atoms with Gasteiger partial charge in [0, 0.05) is 42.4 Å². The van der Waals surface area contributed by atoms with E-state index in [0.717, 1.165) is 30.5 Å². The van der Waals surface area contributed by atoms with Crippen molar-refractivity contribution in [3.63, 3.8) is 0 Å². The van der Waals surface area contributed by atoms with E-state index in [1.165, 1.54) is 4.31 Å². The van der Waals surface area contributed by atoms with Gasteiger partial charge in [-0.1, -0.05) is 18.6 Å². The number of carbonyl (C=O) groups excluding carboxylic acids is 1. The second kappa shape index (κ2) is 8.45. The molecule has 7 heteroatoms. The number of nitrogens with one attached hydrogen (secondary N) is 1. The summed E-state index contributed by atoms with van der Waals surface area (Å²) in [5.41, 5.74) is 2.70. The van der Waals surface area contributed by atoms with Crippen LogP contribution in [-0.2, 0) is 10.0 Å². The molecule has 1 aromatic heterocycles. The van der Waals surface area contributed by atoms with Crippen LogP contribution in [0.5, 0.6) is 0 Å². The summed E-state index contributed by atoms with van der Waals surface area (Å²) in [7, 11) is -3.56. The van der Waals surface area contributed by atoms with E-state index in [4.69, 9.17) is 0 Å². The van der Waals surface area contributed by atoms with Crippen LogP contribution < -0.4 is 5.32 Å². The molecule has 6 nitrogen and oxygen atoms in total. The summed E-state index contributed by atoms with van der Waals surface area (Å²) in [6, 6.07) is 16.1. The first kappa shape index (κ1) is 20.4. The minimum Gasteiger partial charge on any atom is -0.324 e. The van der Waals surface area contributed by atoms with Crippen molar-refractivity contribution in [2.75, 3.05) is 18.4 Å². The van der Waals surface area contributed by atoms with Gasteiger partial charge in [-0.2, -0.15) is 4.31 Å². The third kappa shape index (κ3) is 4.17. The van der Waals surface area contributed by atoms with E-state index in [-0.39, 0.29) is 10.8 Å². The first-order valence-electron chi connectivity index (χ1n) is 10.1. The van der Waals surface area contributed by atoms with E-state index in [1.807, 2.05) is 48.1 Å². The van der Waals surface area contributed by atoms with E-state index in [1.54, 1.807) is 30.3 Å². The Labute approximate surface area is 177 Å². The number of piperidine rings is 1. The lowest BCUT2D eigenvalue weighted by Crippen LogP contribution is -2.35. The Hall–Kier alpha value is -2.90. The molecule has 3 aromatic rings. The topological polar surface area (TPSA) is 71.4 Å². The first-order chi connectivity index (χ1) is 14.4. The first-order valence-corrected chi connectivity index (χ1v) is 11.5. The molecule has 1 aliphatic heterocycles. The third-order valence-corrected chi connectivity index (χ3v) is 7.32. The van der Waals surface area contributed by atoms with Crippen molar-refractivity contribution in [3.05, 3.63) is 78.1 Å². The van der Waals surface area contributed by atoms with Crippen LogP contribution in [0.1, 0.15) is 35.2 Å². The van der Waals surface area contributed by atoms with E-state index in [2.05, 4.69) is 5.32 Å². The maximum atomic E-state index is 13.0. The van der Waals surface area contributed by atoms with Crippen LogP contribution in [0.3, 0.4) is 0 Å². The largest absolute Gasteiger partial charge is 0.324 e. The molecule has 1 fully saturated rings. The van der Waals surface area contributed by atoms with Gasteiger partial charge < -0.3 is 9.88 Å². The zero-order chi connectivity index (χ0) is 21.1. The predicted octanol–water partition coefficient (Wildman–Crippen LogP) is 4.21. The van der Waals surface area contributed by atoms with Gasteiger partial charge in [0.25, 0.3) is 5.91 Å². The van der Waals surface area contributed by atoms with Crippen LogP contribution in [-0.4, -0.2) is 36.3 Å². The molecule has 2 heterocycles. The van der Waals surface area contributed by atoms with Crippen molar-refractivity contribution in [1.82, 2.24) is 8.87 Å². The summed E-state index contributed by atoms with van der Waals surface area (Å²) in [6.45, 7) is 2.94. The van der Waals surface area contributed by atoms with Crippen LogP contribution >= 0.6 is 0 Å². The van der Waals surface area contributed by atoms with E-state index in [0.29, 0.717) is 24.3 Å². The van der Waals surface area contributed by atoms with E-state index in [9.17, 15) is 13.2 Å². The van der Waals surface area contributed by atoms with Crippen molar-refractivity contribution >= 4 is 21.6 Å². The molecule has 1 amide bonds. The molecule has 156 valence electrons. The number of benzene rings is 2. The number of rotatable bonds is 5. The number of hydrogen-bond acceptors (Lipinski definition) is 3. The summed E-state index contributed by atoms with van der Waals surface area (Å²) in [6.07, 6.45) is 6.65. The molecule has 1 N–H and O–H groups in total. The summed E-state index contributed by atoms with van der Waals surface area (Å²) in [4.78, 5) is 13.1. The highest BCUT2D eigenvalue weighted by Crippen LogP contribution is 2.25. The highest BCUT2D eigenvalue weighted by atomic mass is 32.2. The smallest absolute Gasteiger partial charge is 0.255 e. The van der Waals surface area contributed by atoms with Gasteiger partial charge in [0.2, 0.25) is 10.0 Å². The molecule has 30 heavy (non-hydrogen) atoms. The van der Waals surface area contributed by atoms with Gasteiger partial charge in [0.1, 0.15) is 0 Å². The van der Waals surface area contributed by atoms with Gasteiger partial charge in [-0.05, 0) is 67.8 Å². The van der Waals surface area contributed by atoms with Crippen molar-refractivity contribution in [1.29, 1.82) is 0 Å². The number of anilines is 1. The molecule has 0 unspecified atom stereocenters. The Balaban J connectivity index is 1.58. The Morgan fingerprint density at radius 2 is 1.67 bits per heavy atom. The monoisotopic (exact) mass is 423 g/mol. The molecule has 0 atom stereocenters. The summed E-state index contributed by atoms with van der Waals surface area (Å²) < 4.78 is 29.4. The summed E-state index contributed by atoms with van der Waals surface area (Å²) >= 11 is 0. The van der Waals surface area contributed by atoms with Crippen LogP contribution in [0.15, 0.2) is 71.9 Å². The van der Waals surface area contributed by atoms with Crippen molar-refractivity contribution in [2.24, 2.45) is 0 Å². The third-order valence-electron chi connectivity index (χ3n) is 5.42. The van der Waals surface area contributed by atoms with Gasteiger partial charge in [-0.3, -0.25) is 4.79 Å². The van der Waals surface area contributed by atoms with Gasteiger partial charge in [-0.25, -0.2) is 8.42 Å². The molecule has 0 bridgehead atoms. The Morgan fingerprint density at radius 3 is 2.40 bits per heavy atom. The van der Waals surface area contributed by atoms with Gasteiger partial charge in [0.15, 0.2) is 0 Å². The zero-order valence-electron chi connectivity index (χ0n) is 16.9. The molecule has 0 spiro atoms. The predicted molar refractivity (Wildman–Crippen MR) is 118 cm³/mol. The fourth-order valence-corrected chi connectivity index (χ4v) is 5.20. The Morgan fingerprint density at radius 1 is 0.933 bits per heavy atom. The van der Waals surface area contributed by atoms with E-state index >= 15 is 0 Å². The van der Waals surface area contributed by atoms with Crippen molar-refractivity contribution in [2.45, 2.75) is 31.1 Å². The van der Waals surface area contributed by atoms with Gasteiger partial charge in [-0.15, -0.1) is 0 Å². The average Bonchev–Trinajstić information content (AvgIpc) is 3.31. The molecule has 0 saturated carbocycles. The molecule has 0 radical (unpaired) electrons. The van der Waals surface area contributed by atoms with E-state index < -0.39 is 10.0 Å². The van der Waals surface area contributed by atoms with Crippen molar-refractivity contribution < 1.29 is 13.2 Å². The Bertz CT molecular complexity index is 1150. The van der Waals surface area contributed by atoms with Crippen molar-refractivity contribution in [3.8, 4) is 5.69 Å². The lowest BCUT2D eigenvalue weighted by Gasteiger charge is -2.26. The van der Waals surface area contributed by atoms with Gasteiger partial charge >= 0.3 is 0 Å². The summed E-state index contributed by atoms with van der Waals surface area (Å²) in [5, 5.41) is 2.88. The maximum absolute atomic E-state index is 13.0. The van der Waals surface area contributed by atoms with Gasteiger partial charge in [0.05, 0.1) is 4.90 Å². The lowest BCUT2D eigenvalue weighted by atomic mass is 10.1. The number of hydrogen-bond donors (Lipinski definition) is 1. The highest BCUT2D eigenvalue weighted by molar-refractivity contribution is 7.89. The van der Waals surface area contributed by atoms with Crippen LogP contribution in [0.25, 0.3) is 5.69 Å². The fourth-order valence-electron chi connectivity index (χ4n) is 3.66. The number of sulfonamides is 1. The average molecular weight is 424 g/mol. The molecule has 0 aliphatic carbocycles. The lowest BCUT2D eigenvalue weighted by molar-refractivity contribution is 0.102. The minimum atomic E-state index is -3.56. The fraction of sp³-hybridized carbons (Fsp3) is 0.261. The minimum absolute atomic E-state index is 0.214. The number of carbonyl (C=O) groups is 1. The normalized spacial score (nSPS) is 15.1. The second-order valence-corrected chi connectivity index (χ2v) is 9.47. The Kier molecular flexibility index (Phi) is 5.74. The number of amides is 1. The number of nitrogens with zero attached hydrogens (tertiary/aromatic N) is 2. The molecule has 1 saturated heterocycles. The molecular weight excluding hydrogens is 398 g/mol. The van der Waals surface area contributed by atoms with Crippen LogP contribution in [0.2, 0.25) is 0 Å². The summed E-state index contributed by atoms with van der Waals surface area (Å²) in [5.74, 6) is -0.278. The zero-order valence-corrected chi connectivity index (χ0v) is 17.7. The number of aromatic nitrogens is 1. The highest BCUT2D eigenvalue weighted by Gasteiger charge is 2.26.